The van der Waals surface area contributed by atoms with Crippen LogP contribution in [-0.2, 0) is 0 Å². The molecule has 0 N–H and O–H groups in total. The molecule has 1 aromatic heterocycles. The number of hydrogen-bond acceptors (Lipinski definition) is 6. The summed E-state index contributed by atoms with van der Waals surface area (Å²) in [6, 6.07) is 6.48. The zero-order valence-corrected chi connectivity index (χ0v) is 23.0. The van der Waals surface area contributed by atoms with Crippen molar-refractivity contribution in [3.63, 3.8) is 0 Å². The van der Waals surface area contributed by atoms with Crippen molar-refractivity contribution in [2.24, 2.45) is 4.99 Å². The van der Waals surface area contributed by atoms with Crippen molar-refractivity contribution in [3.8, 4) is 11.5 Å². The second-order valence-corrected chi connectivity index (χ2v) is 9.53. The Kier molecular flexibility index (Phi) is 9.13. The molecule has 0 spiro atoms. The molecule has 0 bridgehead atoms. The fourth-order valence-corrected chi connectivity index (χ4v) is 4.31. The van der Waals surface area contributed by atoms with Crippen LogP contribution in [0.2, 0.25) is 0 Å². The van der Waals surface area contributed by atoms with E-state index in [0.29, 0.717) is 59.2 Å². The largest absolute Gasteiger partial charge is 0.487 e. The maximum Gasteiger partial charge on any atom is 0.207 e. The van der Waals surface area contributed by atoms with Crippen molar-refractivity contribution in [1.82, 2.24) is 14.8 Å². The Morgan fingerprint density at radius 2 is 1.68 bits per heavy atom. The third kappa shape index (κ3) is 6.58. The average Bonchev–Trinajstić information content (AvgIpc) is 3.22. The summed E-state index contributed by atoms with van der Waals surface area (Å²) in [4.78, 5) is 25.7. The zero-order valence-electron chi connectivity index (χ0n) is 23.0. The first kappa shape index (κ1) is 28.0. The van der Waals surface area contributed by atoms with Crippen LogP contribution in [0.3, 0.4) is 0 Å². The van der Waals surface area contributed by atoms with E-state index in [0.717, 1.165) is 11.5 Å². The van der Waals surface area contributed by atoms with Gasteiger partial charge in [-0.15, -0.1) is 0 Å². The highest BCUT2D eigenvalue weighted by Gasteiger charge is 2.26. The summed E-state index contributed by atoms with van der Waals surface area (Å²) in [5, 5.41) is 0. The second kappa shape index (κ2) is 12.1. The van der Waals surface area contributed by atoms with Crippen LogP contribution in [0.5, 0.6) is 11.5 Å². The number of halogens is 1. The normalized spacial score (nSPS) is 11.8. The predicted octanol–water partition coefficient (Wildman–Crippen LogP) is 5.22. The van der Waals surface area contributed by atoms with Crippen LogP contribution < -0.4 is 9.47 Å². The van der Waals surface area contributed by atoms with Gasteiger partial charge < -0.3 is 23.7 Å². The topological polar surface area (TPSA) is 80.4 Å². The van der Waals surface area contributed by atoms with E-state index in [4.69, 9.17) is 13.9 Å². The van der Waals surface area contributed by atoms with Crippen LogP contribution in [0, 0.1) is 19.7 Å². The number of nitrogens with zero attached hydrogens (tertiary/aromatic N) is 4. The van der Waals surface area contributed by atoms with Gasteiger partial charge in [0.05, 0.1) is 18.7 Å². The summed E-state index contributed by atoms with van der Waals surface area (Å²) in [6.45, 7) is 8.12. The molecule has 9 heteroatoms. The smallest absolute Gasteiger partial charge is 0.207 e. The minimum atomic E-state index is -0.263. The van der Waals surface area contributed by atoms with E-state index in [9.17, 15) is 9.18 Å². The first-order chi connectivity index (χ1) is 17.5. The lowest BCUT2D eigenvalue weighted by molar-refractivity contribution is 0.101. The minimum Gasteiger partial charge on any atom is -0.487 e. The number of ether oxygens (including phenoxy) is 2. The predicted molar refractivity (Wildman–Crippen MR) is 144 cm³/mol. The first-order valence-electron chi connectivity index (χ1n) is 12.4. The molecule has 0 amide bonds. The average molecular weight is 513 g/mol. The lowest BCUT2D eigenvalue weighted by atomic mass is 9.98. The van der Waals surface area contributed by atoms with Crippen molar-refractivity contribution < 1.29 is 23.1 Å². The lowest BCUT2D eigenvalue weighted by Crippen LogP contribution is -2.35. The molecule has 37 heavy (non-hydrogen) atoms. The van der Waals surface area contributed by atoms with Crippen LogP contribution in [-0.4, -0.2) is 74.5 Å². The lowest BCUT2D eigenvalue weighted by Gasteiger charge is -2.23. The molecule has 0 saturated heterocycles. The molecule has 0 aliphatic heterocycles. The maximum absolute atomic E-state index is 13.3. The van der Waals surface area contributed by atoms with E-state index in [-0.39, 0.29) is 24.1 Å². The number of aryl methyl sites for hydroxylation is 2. The number of aliphatic imine (C=N–C) groups is 1. The summed E-state index contributed by atoms with van der Waals surface area (Å²) in [7, 11) is 7.71. The molecule has 0 aliphatic rings. The Morgan fingerprint density at radius 3 is 2.27 bits per heavy atom. The standard InChI is InChI=1S/C28H37FN4O4/c1-17(21-9-11-22(29)12-10-21)13-15-35-27-25(36-16-14-30-28(32(5)6)33(7)8)23(19(3)34)18(2)24-26(27)37-20(4)31-24/h9-12,17H,13-16H2,1-8H3. The van der Waals surface area contributed by atoms with E-state index in [2.05, 4.69) is 16.9 Å². The Labute approximate surface area is 218 Å². The Bertz CT molecular complexity index is 1260. The van der Waals surface area contributed by atoms with E-state index < -0.39 is 0 Å². The van der Waals surface area contributed by atoms with Gasteiger partial charge in [-0.3, -0.25) is 4.79 Å². The molecule has 3 aromatic rings. The summed E-state index contributed by atoms with van der Waals surface area (Å²) in [5.41, 5.74) is 3.16. The molecule has 1 heterocycles. The minimum absolute atomic E-state index is 0.138. The molecule has 1 atom stereocenters. The number of carbonyl (C=O) groups excluding carboxylic acids is 1. The number of guanidine groups is 1. The van der Waals surface area contributed by atoms with Crippen LogP contribution >= 0.6 is 0 Å². The number of oxazole rings is 1. The number of Topliss-reactive ketones (excluding diaryl/α,β-unsaturated/α-hetero) is 1. The van der Waals surface area contributed by atoms with Crippen LogP contribution in [0.15, 0.2) is 33.7 Å². The van der Waals surface area contributed by atoms with Gasteiger partial charge in [0.15, 0.2) is 23.4 Å². The Balaban J connectivity index is 1.90. The molecular formula is C28H37FN4O4. The third-order valence-corrected chi connectivity index (χ3v) is 6.08. The van der Waals surface area contributed by atoms with E-state index in [1.165, 1.54) is 19.1 Å². The van der Waals surface area contributed by atoms with Crippen LogP contribution in [0.1, 0.15) is 53.6 Å². The quantitative estimate of drug-likeness (QED) is 0.160. The van der Waals surface area contributed by atoms with Gasteiger partial charge in [0, 0.05) is 35.1 Å². The molecule has 0 radical (unpaired) electrons. The number of aromatic nitrogens is 1. The third-order valence-electron chi connectivity index (χ3n) is 6.08. The fourth-order valence-electron chi connectivity index (χ4n) is 4.31. The molecule has 2 aromatic carbocycles. The molecule has 0 saturated carbocycles. The van der Waals surface area contributed by atoms with E-state index in [1.54, 1.807) is 19.1 Å². The van der Waals surface area contributed by atoms with Gasteiger partial charge in [-0.1, -0.05) is 19.1 Å². The SMILES string of the molecule is CC(=O)c1c(OCCN=C(N(C)C)N(C)C)c(OCCC(C)c2ccc(F)cc2)c2oc(C)nc2c1C. The number of rotatable bonds is 10. The number of benzene rings is 2. The first-order valence-corrected chi connectivity index (χ1v) is 12.4. The monoisotopic (exact) mass is 512 g/mol. The van der Waals surface area contributed by atoms with Crippen molar-refractivity contribution in [2.75, 3.05) is 47.9 Å². The Morgan fingerprint density at radius 1 is 1.05 bits per heavy atom. The van der Waals surface area contributed by atoms with Gasteiger partial charge in [-0.2, -0.15) is 0 Å². The molecule has 0 fully saturated rings. The molecule has 1 unspecified atom stereocenters. The second-order valence-electron chi connectivity index (χ2n) is 9.53. The van der Waals surface area contributed by atoms with Crippen molar-refractivity contribution in [3.05, 3.63) is 52.7 Å². The number of hydrogen-bond donors (Lipinski definition) is 0. The number of carbonyl (C=O) groups is 1. The van der Waals surface area contributed by atoms with Gasteiger partial charge >= 0.3 is 0 Å². The molecular weight excluding hydrogens is 475 g/mol. The summed E-state index contributed by atoms with van der Waals surface area (Å²) in [5.74, 6) is 1.71. The maximum atomic E-state index is 13.3. The zero-order chi connectivity index (χ0) is 27.3. The number of ketones is 1. The van der Waals surface area contributed by atoms with Crippen molar-refractivity contribution in [2.45, 2.75) is 40.0 Å². The van der Waals surface area contributed by atoms with Gasteiger partial charge in [-0.05, 0) is 49.4 Å². The van der Waals surface area contributed by atoms with Crippen molar-refractivity contribution in [1.29, 1.82) is 0 Å². The van der Waals surface area contributed by atoms with Crippen LogP contribution in [0.25, 0.3) is 11.1 Å². The van der Waals surface area contributed by atoms with Gasteiger partial charge in [0.25, 0.3) is 0 Å². The highest BCUT2D eigenvalue weighted by Crippen LogP contribution is 2.42. The summed E-state index contributed by atoms with van der Waals surface area (Å²) >= 11 is 0. The van der Waals surface area contributed by atoms with Gasteiger partial charge in [-0.25, -0.2) is 14.4 Å². The molecule has 0 aliphatic carbocycles. The molecule has 8 nitrogen and oxygen atoms in total. The Hall–Kier alpha value is -3.62. The van der Waals surface area contributed by atoms with Crippen LogP contribution in [0.4, 0.5) is 4.39 Å². The van der Waals surface area contributed by atoms with Gasteiger partial charge in [0.2, 0.25) is 11.3 Å². The molecule has 200 valence electrons. The molecule has 3 rings (SSSR count). The summed E-state index contributed by atoms with van der Waals surface area (Å²) in [6.07, 6.45) is 0.669. The number of fused-ring (bicyclic) bond motifs is 1. The highest BCUT2D eigenvalue weighted by molar-refractivity contribution is 6.05. The highest BCUT2D eigenvalue weighted by atomic mass is 19.1. The van der Waals surface area contributed by atoms with E-state index >= 15 is 0 Å². The van der Waals surface area contributed by atoms with Crippen molar-refractivity contribution >= 4 is 22.8 Å². The van der Waals surface area contributed by atoms with Gasteiger partial charge in [0.1, 0.15) is 17.9 Å². The summed E-state index contributed by atoms with van der Waals surface area (Å²) < 4.78 is 31.6. The van der Waals surface area contributed by atoms with E-state index in [1.807, 2.05) is 44.9 Å². The fraction of sp³-hybridized carbons (Fsp3) is 0.464.